The predicted octanol–water partition coefficient (Wildman–Crippen LogP) is 5.82. The fraction of sp³-hybridized carbons (Fsp3) is 0.0455. The first-order valence-electron chi connectivity index (χ1n) is 7.95. The minimum absolute atomic E-state index is 0.0769. The van der Waals surface area contributed by atoms with Crippen LogP contribution in [0.1, 0.15) is 21.5 Å². The lowest BCUT2D eigenvalue weighted by Gasteiger charge is -2.06. The van der Waals surface area contributed by atoms with Crippen molar-refractivity contribution in [2.24, 2.45) is 0 Å². The van der Waals surface area contributed by atoms with Gasteiger partial charge in [0.15, 0.2) is 5.78 Å². The summed E-state index contributed by atoms with van der Waals surface area (Å²) in [5.74, 6) is 0.717. The van der Waals surface area contributed by atoms with Gasteiger partial charge in [-0.25, -0.2) is 0 Å². The Morgan fingerprint density at radius 3 is 2.40 bits per heavy atom. The summed E-state index contributed by atoms with van der Waals surface area (Å²) >= 11 is 5.91. The topological polar surface area (TPSA) is 26.3 Å². The van der Waals surface area contributed by atoms with Gasteiger partial charge in [0, 0.05) is 10.6 Å². The maximum Gasteiger partial charge on any atom is 0.185 e. The van der Waals surface area contributed by atoms with Crippen molar-refractivity contribution >= 4 is 23.5 Å². The highest BCUT2D eigenvalue weighted by Crippen LogP contribution is 2.16. The third-order valence-corrected chi connectivity index (χ3v) is 3.90. The molecule has 0 saturated carbocycles. The molecule has 0 bridgehead atoms. The number of allylic oxidation sites excluding steroid dienone is 1. The second-order valence-electron chi connectivity index (χ2n) is 5.55. The third kappa shape index (κ3) is 5.07. The Morgan fingerprint density at radius 2 is 1.68 bits per heavy atom. The van der Waals surface area contributed by atoms with E-state index >= 15 is 0 Å². The first-order chi connectivity index (χ1) is 12.2. The zero-order valence-corrected chi connectivity index (χ0v) is 14.3. The molecule has 0 N–H and O–H groups in total. The van der Waals surface area contributed by atoms with Crippen LogP contribution in [0.4, 0.5) is 0 Å². The summed E-state index contributed by atoms with van der Waals surface area (Å²) in [6.07, 6.45) is 3.33. The molecule has 0 aliphatic heterocycles. The van der Waals surface area contributed by atoms with E-state index in [1.807, 2.05) is 54.6 Å². The van der Waals surface area contributed by atoms with Gasteiger partial charge >= 0.3 is 0 Å². The van der Waals surface area contributed by atoms with Crippen LogP contribution in [-0.2, 0) is 6.61 Å². The number of benzene rings is 3. The lowest BCUT2D eigenvalue weighted by atomic mass is 10.1. The van der Waals surface area contributed by atoms with E-state index in [1.165, 1.54) is 0 Å². The van der Waals surface area contributed by atoms with E-state index in [0.29, 0.717) is 17.2 Å². The maximum absolute atomic E-state index is 12.1. The fourth-order valence-corrected chi connectivity index (χ4v) is 2.52. The molecular weight excluding hydrogens is 332 g/mol. The van der Waals surface area contributed by atoms with E-state index in [0.717, 1.165) is 16.9 Å². The van der Waals surface area contributed by atoms with Gasteiger partial charge in [-0.05, 0) is 41.5 Å². The van der Waals surface area contributed by atoms with Gasteiger partial charge < -0.3 is 4.74 Å². The van der Waals surface area contributed by atoms with Gasteiger partial charge in [0.25, 0.3) is 0 Å². The summed E-state index contributed by atoms with van der Waals surface area (Å²) in [6, 6.07) is 24.6. The summed E-state index contributed by atoms with van der Waals surface area (Å²) < 4.78 is 5.75. The molecule has 2 nitrogen and oxygen atoms in total. The van der Waals surface area contributed by atoms with Crippen molar-refractivity contribution in [1.29, 1.82) is 0 Å². The molecule has 0 aliphatic carbocycles. The molecule has 0 saturated heterocycles. The van der Waals surface area contributed by atoms with Crippen molar-refractivity contribution < 1.29 is 9.53 Å². The van der Waals surface area contributed by atoms with Crippen LogP contribution in [0.5, 0.6) is 5.75 Å². The van der Waals surface area contributed by atoms with Gasteiger partial charge in [-0.1, -0.05) is 72.3 Å². The molecule has 0 unspecified atom stereocenters. The Bertz CT molecular complexity index is 868. The molecule has 0 radical (unpaired) electrons. The van der Waals surface area contributed by atoms with Crippen LogP contribution in [-0.4, -0.2) is 5.78 Å². The average Bonchev–Trinajstić information content (AvgIpc) is 2.66. The number of rotatable bonds is 6. The summed E-state index contributed by atoms with van der Waals surface area (Å²) in [7, 11) is 0. The average molecular weight is 349 g/mol. The molecule has 3 heteroatoms. The first-order valence-corrected chi connectivity index (χ1v) is 8.33. The van der Waals surface area contributed by atoms with Gasteiger partial charge in [-0.15, -0.1) is 0 Å². The van der Waals surface area contributed by atoms with Gasteiger partial charge in [-0.3, -0.25) is 4.79 Å². The lowest BCUT2D eigenvalue weighted by molar-refractivity contribution is 0.104. The predicted molar refractivity (Wildman–Crippen MR) is 102 cm³/mol. The van der Waals surface area contributed by atoms with E-state index in [4.69, 9.17) is 16.3 Å². The van der Waals surface area contributed by atoms with Crippen LogP contribution in [0.2, 0.25) is 5.02 Å². The quantitative estimate of drug-likeness (QED) is 0.414. The Kier molecular flexibility index (Phi) is 5.65. The Morgan fingerprint density at radius 1 is 0.920 bits per heavy atom. The van der Waals surface area contributed by atoms with E-state index in [9.17, 15) is 4.79 Å². The van der Waals surface area contributed by atoms with Gasteiger partial charge in [0.05, 0.1) is 0 Å². The molecule has 0 fully saturated rings. The van der Waals surface area contributed by atoms with Crippen LogP contribution < -0.4 is 4.74 Å². The van der Waals surface area contributed by atoms with Crippen LogP contribution in [0, 0.1) is 0 Å². The third-order valence-electron chi connectivity index (χ3n) is 3.66. The summed E-state index contributed by atoms with van der Waals surface area (Å²) in [4.78, 5) is 12.1. The van der Waals surface area contributed by atoms with E-state index in [1.54, 1.807) is 36.4 Å². The smallest absolute Gasteiger partial charge is 0.185 e. The molecule has 25 heavy (non-hydrogen) atoms. The second kappa shape index (κ2) is 8.32. The SMILES string of the molecule is O=C(/C=C/c1ccc(OCc2ccccc2)cc1)c1cccc(Cl)c1. The second-order valence-corrected chi connectivity index (χ2v) is 5.99. The van der Waals surface area contributed by atoms with Crippen molar-refractivity contribution in [3.8, 4) is 5.75 Å². The molecule has 3 rings (SSSR count). The van der Waals surface area contributed by atoms with Crippen molar-refractivity contribution in [2.75, 3.05) is 0 Å². The van der Waals surface area contributed by atoms with Crippen LogP contribution in [0.3, 0.4) is 0 Å². The highest BCUT2D eigenvalue weighted by atomic mass is 35.5. The number of hydrogen-bond acceptors (Lipinski definition) is 2. The zero-order chi connectivity index (χ0) is 17.5. The van der Waals surface area contributed by atoms with E-state index in [2.05, 4.69) is 0 Å². The summed E-state index contributed by atoms with van der Waals surface area (Å²) in [6.45, 7) is 0.531. The van der Waals surface area contributed by atoms with Gasteiger partial charge in [-0.2, -0.15) is 0 Å². The molecule has 124 valence electrons. The molecule has 3 aromatic rings. The number of hydrogen-bond donors (Lipinski definition) is 0. The maximum atomic E-state index is 12.1. The van der Waals surface area contributed by atoms with Crippen molar-refractivity contribution in [2.45, 2.75) is 6.61 Å². The lowest BCUT2D eigenvalue weighted by Crippen LogP contribution is -1.95. The molecule has 0 atom stereocenters. The molecule has 0 spiro atoms. The highest BCUT2D eigenvalue weighted by Gasteiger charge is 2.02. The minimum atomic E-state index is -0.0769. The van der Waals surface area contributed by atoms with Crippen LogP contribution in [0.15, 0.2) is 84.9 Å². The van der Waals surface area contributed by atoms with Crippen molar-refractivity contribution in [3.63, 3.8) is 0 Å². The number of ketones is 1. The van der Waals surface area contributed by atoms with Gasteiger partial charge in [0.1, 0.15) is 12.4 Å². The number of carbonyl (C=O) groups excluding carboxylic acids is 1. The van der Waals surface area contributed by atoms with Crippen molar-refractivity contribution in [1.82, 2.24) is 0 Å². The first kappa shape index (κ1) is 17.0. The molecular formula is C22H17ClO2. The Labute approximate surface area is 152 Å². The van der Waals surface area contributed by atoms with Crippen LogP contribution in [0.25, 0.3) is 6.08 Å². The Balaban J connectivity index is 1.59. The number of ether oxygens (including phenoxy) is 1. The Hall–Kier alpha value is -2.84. The van der Waals surface area contributed by atoms with E-state index < -0.39 is 0 Å². The fourth-order valence-electron chi connectivity index (χ4n) is 2.33. The molecule has 0 heterocycles. The molecule has 0 amide bonds. The highest BCUT2D eigenvalue weighted by molar-refractivity contribution is 6.31. The van der Waals surface area contributed by atoms with E-state index in [-0.39, 0.29) is 5.78 Å². The number of carbonyl (C=O) groups is 1. The summed E-state index contributed by atoms with van der Waals surface area (Å²) in [5.41, 5.74) is 2.63. The number of halogens is 1. The normalized spacial score (nSPS) is 10.8. The molecule has 0 aliphatic rings. The molecule has 3 aromatic carbocycles. The van der Waals surface area contributed by atoms with Crippen molar-refractivity contribution in [3.05, 3.63) is 107 Å². The monoisotopic (exact) mass is 348 g/mol. The van der Waals surface area contributed by atoms with Gasteiger partial charge in [0.2, 0.25) is 0 Å². The molecule has 0 aromatic heterocycles. The van der Waals surface area contributed by atoms with Crippen LogP contribution >= 0.6 is 11.6 Å². The largest absolute Gasteiger partial charge is 0.489 e. The standard InChI is InChI=1S/C22H17ClO2/c23-20-8-4-7-19(15-20)22(24)14-11-17-9-12-21(13-10-17)25-16-18-5-2-1-3-6-18/h1-15H,16H2/b14-11+. The summed E-state index contributed by atoms with van der Waals surface area (Å²) in [5, 5.41) is 0.555. The zero-order valence-electron chi connectivity index (χ0n) is 13.6. The minimum Gasteiger partial charge on any atom is -0.489 e.